The highest BCUT2D eigenvalue weighted by atomic mass is 32.2. The Kier molecular flexibility index (Phi) is 6.39. The van der Waals surface area contributed by atoms with Crippen LogP contribution in [-0.2, 0) is 10.0 Å². The molecular weight excluding hydrogens is 483 g/mol. The van der Waals surface area contributed by atoms with E-state index in [-0.39, 0.29) is 5.69 Å². The summed E-state index contributed by atoms with van der Waals surface area (Å²) in [5.74, 6) is 0.247. The molecule has 0 unspecified atom stereocenters. The van der Waals surface area contributed by atoms with Gasteiger partial charge in [0.15, 0.2) is 0 Å². The lowest BCUT2D eigenvalue weighted by Crippen LogP contribution is -2.20. The molecule has 0 aliphatic carbocycles. The van der Waals surface area contributed by atoms with Gasteiger partial charge < -0.3 is 15.0 Å². The van der Waals surface area contributed by atoms with Crippen molar-refractivity contribution in [2.75, 3.05) is 29.0 Å². The van der Waals surface area contributed by atoms with Crippen molar-refractivity contribution in [1.29, 1.82) is 0 Å². The quantitative estimate of drug-likeness (QED) is 0.361. The topological polar surface area (TPSA) is 96.5 Å². The molecule has 1 aromatic heterocycles. The molecule has 2 N–H and O–H groups in total. The molecule has 0 amide bonds. The van der Waals surface area contributed by atoms with Crippen LogP contribution >= 0.6 is 0 Å². The Morgan fingerprint density at radius 1 is 0.857 bits per heavy atom. The minimum absolute atomic E-state index is 0.144. The third kappa shape index (κ3) is 5.72. The van der Waals surface area contributed by atoms with E-state index in [1.165, 1.54) is 24.3 Å². The number of nitrogens with one attached hydrogen (secondary N) is 2. The highest BCUT2D eigenvalue weighted by Gasteiger charge is 2.34. The van der Waals surface area contributed by atoms with E-state index in [1.807, 2.05) is 43.3 Å². The molecule has 1 heterocycles. The van der Waals surface area contributed by atoms with E-state index >= 15 is 0 Å². The zero-order valence-corrected chi connectivity index (χ0v) is 19.4. The molecule has 8 nitrogen and oxygen atoms in total. The number of ether oxygens (including phenoxy) is 1. The second-order valence-corrected chi connectivity index (χ2v) is 9.24. The van der Waals surface area contributed by atoms with Gasteiger partial charge in [0.05, 0.1) is 5.52 Å². The molecule has 182 valence electrons. The molecule has 0 aliphatic rings. The average Bonchev–Trinajstić information content (AvgIpc) is 2.79. The molecule has 0 spiro atoms. The van der Waals surface area contributed by atoms with Crippen molar-refractivity contribution in [2.45, 2.75) is 11.3 Å². The fourth-order valence-corrected chi connectivity index (χ4v) is 4.49. The largest absolute Gasteiger partial charge is 0.573 e. The van der Waals surface area contributed by atoms with Crippen molar-refractivity contribution in [2.24, 2.45) is 0 Å². The van der Waals surface area contributed by atoms with Gasteiger partial charge in [-0.05, 0) is 48.5 Å². The standard InChI is InChI=1S/C23H20F3N5O3S/c1-31(2)21-17-7-3-4-8-18(17)28-22(29-21)27-15-11-13-16(14-12-15)30-35(32,33)20-10-6-5-9-19(20)34-23(24,25)26/h3-14,30H,1-2H3,(H,27,28,29). The van der Waals surface area contributed by atoms with Crippen LogP contribution in [0.3, 0.4) is 0 Å². The van der Waals surface area contributed by atoms with Gasteiger partial charge in [0, 0.05) is 30.9 Å². The Labute approximate surface area is 199 Å². The van der Waals surface area contributed by atoms with Crippen molar-refractivity contribution in [3.63, 3.8) is 0 Å². The van der Waals surface area contributed by atoms with Gasteiger partial charge in [0.1, 0.15) is 16.5 Å². The second-order valence-electron chi connectivity index (χ2n) is 7.58. The summed E-state index contributed by atoms with van der Waals surface area (Å²) in [4.78, 5) is 10.3. The molecule has 0 bridgehead atoms. The van der Waals surface area contributed by atoms with Crippen molar-refractivity contribution < 1.29 is 26.3 Å². The van der Waals surface area contributed by atoms with Crippen molar-refractivity contribution in [1.82, 2.24) is 9.97 Å². The lowest BCUT2D eigenvalue weighted by molar-refractivity contribution is -0.275. The smallest absolute Gasteiger partial charge is 0.404 e. The first-order valence-corrected chi connectivity index (χ1v) is 11.7. The number of hydrogen-bond donors (Lipinski definition) is 2. The summed E-state index contributed by atoms with van der Waals surface area (Å²) in [6.45, 7) is 0. The number of alkyl halides is 3. The van der Waals surface area contributed by atoms with E-state index in [9.17, 15) is 21.6 Å². The summed E-state index contributed by atoms with van der Waals surface area (Å²) in [6.07, 6.45) is -5.03. The number of benzene rings is 3. The lowest BCUT2D eigenvalue weighted by Gasteiger charge is -2.16. The normalized spacial score (nSPS) is 11.8. The molecular formula is C23H20F3N5O3S. The molecule has 0 aliphatic heterocycles. The number of rotatable bonds is 7. The Morgan fingerprint density at radius 3 is 2.17 bits per heavy atom. The minimum atomic E-state index is -5.03. The number of para-hydroxylation sites is 2. The van der Waals surface area contributed by atoms with Gasteiger partial charge in [0.2, 0.25) is 5.95 Å². The maximum absolute atomic E-state index is 12.7. The van der Waals surface area contributed by atoms with E-state index < -0.39 is 27.0 Å². The monoisotopic (exact) mass is 503 g/mol. The van der Waals surface area contributed by atoms with Gasteiger partial charge in [0.25, 0.3) is 10.0 Å². The van der Waals surface area contributed by atoms with Crippen LogP contribution in [0.5, 0.6) is 5.75 Å². The fourth-order valence-electron chi connectivity index (χ4n) is 3.30. The number of sulfonamides is 1. The minimum Gasteiger partial charge on any atom is -0.404 e. The maximum Gasteiger partial charge on any atom is 0.573 e. The molecule has 35 heavy (non-hydrogen) atoms. The molecule has 3 aromatic carbocycles. The lowest BCUT2D eigenvalue weighted by atomic mass is 10.2. The van der Waals surface area contributed by atoms with Crippen LogP contribution in [0.2, 0.25) is 0 Å². The van der Waals surface area contributed by atoms with E-state index in [2.05, 4.69) is 24.7 Å². The maximum atomic E-state index is 12.7. The molecule has 0 atom stereocenters. The molecule has 0 fully saturated rings. The van der Waals surface area contributed by atoms with Gasteiger partial charge in [-0.3, -0.25) is 4.72 Å². The van der Waals surface area contributed by atoms with Crippen LogP contribution in [0.15, 0.2) is 77.7 Å². The zero-order chi connectivity index (χ0) is 25.2. The van der Waals surface area contributed by atoms with Crippen LogP contribution in [-0.4, -0.2) is 38.8 Å². The van der Waals surface area contributed by atoms with Crippen LogP contribution in [0, 0.1) is 0 Å². The van der Waals surface area contributed by atoms with Crippen molar-refractivity contribution in [3.8, 4) is 5.75 Å². The molecule has 4 rings (SSSR count). The van der Waals surface area contributed by atoms with Gasteiger partial charge in [-0.15, -0.1) is 13.2 Å². The molecule has 4 aromatic rings. The Bertz CT molecular complexity index is 1460. The van der Waals surface area contributed by atoms with Crippen LogP contribution < -0.4 is 19.7 Å². The summed E-state index contributed by atoms with van der Waals surface area (Å²) in [7, 11) is -0.608. The number of hydrogen-bond acceptors (Lipinski definition) is 7. The van der Waals surface area contributed by atoms with Crippen molar-refractivity contribution in [3.05, 3.63) is 72.8 Å². The second kappa shape index (κ2) is 9.29. The first-order chi connectivity index (χ1) is 16.5. The van der Waals surface area contributed by atoms with Gasteiger partial charge in [-0.2, -0.15) is 4.98 Å². The molecule has 0 saturated carbocycles. The third-order valence-electron chi connectivity index (χ3n) is 4.76. The molecule has 0 radical (unpaired) electrons. The highest BCUT2D eigenvalue weighted by Crippen LogP contribution is 2.31. The summed E-state index contributed by atoms with van der Waals surface area (Å²) >= 11 is 0. The predicted octanol–water partition coefficient (Wildman–Crippen LogP) is 5.14. The van der Waals surface area contributed by atoms with Crippen LogP contribution in [0.4, 0.5) is 36.3 Å². The first kappa shape index (κ1) is 24.1. The van der Waals surface area contributed by atoms with E-state index in [0.717, 1.165) is 28.9 Å². The number of halogens is 3. The number of nitrogens with zero attached hydrogens (tertiary/aromatic N) is 3. The molecule has 12 heteroatoms. The first-order valence-electron chi connectivity index (χ1n) is 10.2. The third-order valence-corrected chi connectivity index (χ3v) is 6.19. The fraction of sp³-hybridized carbons (Fsp3) is 0.130. The summed E-state index contributed by atoms with van der Waals surface area (Å²) in [6, 6.07) is 18.2. The van der Waals surface area contributed by atoms with E-state index in [0.29, 0.717) is 11.6 Å². The Hall–Kier alpha value is -4.06. The summed E-state index contributed by atoms with van der Waals surface area (Å²) in [5, 5.41) is 3.97. The SMILES string of the molecule is CN(C)c1nc(Nc2ccc(NS(=O)(=O)c3ccccc3OC(F)(F)F)cc2)nc2ccccc12. The van der Waals surface area contributed by atoms with E-state index in [4.69, 9.17) is 0 Å². The number of fused-ring (bicyclic) bond motifs is 1. The van der Waals surface area contributed by atoms with Crippen LogP contribution in [0.1, 0.15) is 0 Å². The number of anilines is 4. The zero-order valence-electron chi connectivity index (χ0n) is 18.5. The van der Waals surface area contributed by atoms with Gasteiger partial charge >= 0.3 is 6.36 Å². The average molecular weight is 504 g/mol. The van der Waals surface area contributed by atoms with Crippen LogP contribution in [0.25, 0.3) is 10.9 Å². The Morgan fingerprint density at radius 2 is 1.49 bits per heavy atom. The Balaban J connectivity index is 1.55. The van der Waals surface area contributed by atoms with Gasteiger partial charge in [-0.25, -0.2) is 13.4 Å². The molecule has 0 saturated heterocycles. The van der Waals surface area contributed by atoms with E-state index in [1.54, 1.807) is 12.1 Å². The highest BCUT2D eigenvalue weighted by molar-refractivity contribution is 7.92. The summed E-state index contributed by atoms with van der Waals surface area (Å²) < 4.78 is 69.5. The number of aromatic nitrogens is 2. The predicted molar refractivity (Wildman–Crippen MR) is 128 cm³/mol. The summed E-state index contributed by atoms with van der Waals surface area (Å²) in [5.41, 5.74) is 1.47. The van der Waals surface area contributed by atoms with Crippen molar-refractivity contribution >= 4 is 44.1 Å². The van der Waals surface area contributed by atoms with Gasteiger partial charge in [-0.1, -0.05) is 24.3 Å².